The zero-order chi connectivity index (χ0) is 15.1. The molecule has 0 heterocycles. The third kappa shape index (κ3) is 6.06. The van der Waals surface area contributed by atoms with Crippen LogP contribution in [0, 0.1) is 0 Å². The Morgan fingerprint density at radius 1 is 1.43 bits per heavy atom. The Hall–Kier alpha value is -1.07. The molecular weight excluding hydrogens is 332 g/mol. The van der Waals surface area contributed by atoms with Crippen LogP contribution >= 0.6 is 15.9 Å². The van der Waals surface area contributed by atoms with Crippen molar-refractivity contribution in [1.82, 2.24) is 10.6 Å². The molecule has 0 radical (unpaired) electrons. The number of carbonyl (C=O) groups is 1. The van der Waals surface area contributed by atoms with Crippen molar-refractivity contribution in [3.8, 4) is 5.75 Å². The van der Waals surface area contributed by atoms with Crippen molar-refractivity contribution in [3.05, 3.63) is 28.2 Å². The number of hydrogen-bond donors (Lipinski definition) is 2. The van der Waals surface area contributed by atoms with Crippen LogP contribution in [0.15, 0.2) is 22.7 Å². The van der Waals surface area contributed by atoms with Crippen molar-refractivity contribution >= 4 is 21.8 Å². The summed E-state index contributed by atoms with van der Waals surface area (Å²) < 4.78 is 6.81. The molecule has 4 nitrogen and oxygen atoms in total. The van der Waals surface area contributed by atoms with Crippen molar-refractivity contribution < 1.29 is 9.53 Å². The van der Waals surface area contributed by atoms with Crippen LogP contribution in [0.4, 0.5) is 0 Å². The zero-order valence-electron chi connectivity index (χ0n) is 12.5. The Kier molecular flexibility index (Phi) is 6.51. The highest BCUT2D eigenvalue weighted by molar-refractivity contribution is 9.10. The van der Waals surface area contributed by atoms with Crippen LogP contribution in [0.3, 0.4) is 0 Å². The van der Waals surface area contributed by atoms with E-state index in [0.717, 1.165) is 48.1 Å². The highest BCUT2D eigenvalue weighted by Crippen LogP contribution is 2.23. The number of benzene rings is 1. The first kappa shape index (κ1) is 16.3. The van der Waals surface area contributed by atoms with Crippen LogP contribution < -0.4 is 15.4 Å². The summed E-state index contributed by atoms with van der Waals surface area (Å²) in [4.78, 5) is 11.6. The second-order valence-corrected chi connectivity index (χ2v) is 6.28. The Morgan fingerprint density at radius 2 is 2.24 bits per heavy atom. The fourth-order valence-corrected chi connectivity index (χ4v) is 2.42. The molecule has 1 aromatic carbocycles. The first-order valence-electron chi connectivity index (χ1n) is 7.60. The molecule has 0 unspecified atom stereocenters. The Morgan fingerprint density at radius 3 is 2.95 bits per heavy atom. The van der Waals surface area contributed by atoms with E-state index in [-0.39, 0.29) is 5.91 Å². The Labute approximate surface area is 134 Å². The lowest BCUT2D eigenvalue weighted by molar-refractivity contribution is -0.121. The van der Waals surface area contributed by atoms with Crippen LogP contribution in [-0.2, 0) is 11.3 Å². The summed E-state index contributed by atoms with van der Waals surface area (Å²) in [6, 6.07) is 6.38. The highest BCUT2D eigenvalue weighted by atomic mass is 79.9. The predicted molar refractivity (Wildman–Crippen MR) is 87.4 cm³/mol. The van der Waals surface area contributed by atoms with Crippen LogP contribution in [0.2, 0.25) is 0 Å². The molecule has 1 aromatic rings. The third-order valence-electron chi connectivity index (χ3n) is 3.29. The van der Waals surface area contributed by atoms with E-state index in [2.05, 4.69) is 39.6 Å². The van der Waals surface area contributed by atoms with Crippen molar-refractivity contribution in [2.75, 3.05) is 13.2 Å². The van der Waals surface area contributed by atoms with Crippen LogP contribution in [0.1, 0.15) is 38.2 Å². The molecule has 5 heteroatoms. The molecule has 1 aliphatic carbocycles. The number of carbonyl (C=O) groups excluding carboxylic acids is 1. The maximum Gasteiger partial charge on any atom is 0.223 e. The number of rotatable bonds is 9. The van der Waals surface area contributed by atoms with Crippen LogP contribution in [-0.4, -0.2) is 25.1 Å². The SMILES string of the molecule is CCCNCc1cc(Br)ccc1OCCC(=O)NC1CC1. The summed E-state index contributed by atoms with van der Waals surface area (Å²) >= 11 is 3.48. The standard InChI is InChI=1S/C16H23BrN2O2/c1-2-8-18-11-12-10-13(17)3-6-15(12)21-9-7-16(20)19-14-4-5-14/h3,6,10,14,18H,2,4-5,7-9,11H2,1H3,(H,19,20). The van der Waals surface area contributed by atoms with E-state index in [1.807, 2.05) is 12.1 Å². The van der Waals surface area contributed by atoms with Crippen LogP contribution in [0.5, 0.6) is 5.75 Å². The van der Waals surface area contributed by atoms with Gasteiger partial charge in [0, 0.05) is 22.6 Å². The molecule has 0 saturated heterocycles. The van der Waals surface area contributed by atoms with E-state index in [4.69, 9.17) is 4.74 Å². The van der Waals surface area contributed by atoms with Gasteiger partial charge >= 0.3 is 0 Å². The lowest BCUT2D eigenvalue weighted by Gasteiger charge is -2.12. The van der Waals surface area contributed by atoms with Crippen molar-refractivity contribution in [2.45, 2.75) is 45.2 Å². The van der Waals surface area contributed by atoms with Gasteiger partial charge in [0.2, 0.25) is 5.91 Å². The monoisotopic (exact) mass is 354 g/mol. The van der Waals surface area contributed by atoms with Crippen LogP contribution in [0.25, 0.3) is 0 Å². The number of ether oxygens (including phenoxy) is 1. The van der Waals surface area contributed by atoms with E-state index in [1.54, 1.807) is 0 Å². The quantitative estimate of drug-likeness (QED) is 0.670. The average molecular weight is 355 g/mol. The number of nitrogens with one attached hydrogen (secondary N) is 2. The fraction of sp³-hybridized carbons (Fsp3) is 0.562. The van der Waals surface area contributed by atoms with E-state index >= 15 is 0 Å². The van der Waals surface area contributed by atoms with Crippen molar-refractivity contribution in [3.63, 3.8) is 0 Å². The van der Waals surface area contributed by atoms with E-state index in [0.29, 0.717) is 19.1 Å². The molecular formula is C16H23BrN2O2. The maximum atomic E-state index is 11.6. The van der Waals surface area contributed by atoms with Crippen molar-refractivity contribution in [2.24, 2.45) is 0 Å². The maximum absolute atomic E-state index is 11.6. The van der Waals surface area contributed by atoms with E-state index in [1.165, 1.54) is 0 Å². The summed E-state index contributed by atoms with van der Waals surface area (Å²) in [5.74, 6) is 0.932. The van der Waals surface area contributed by atoms with E-state index in [9.17, 15) is 4.79 Å². The minimum absolute atomic E-state index is 0.0836. The molecule has 0 aromatic heterocycles. The lowest BCUT2D eigenvalue weighted by atomic mass is 10.2. The summed E-state index contributed by atoms with van der Waals surface area (Å²) in [6.45, 7) is 4.32. The summed E-state index contributed by atoms with van der Waals surface area (Å²) in [6.07, 6.45) is 3.75. The van der Waals surface area contributed by atoms with Crippen molar-refractivity contribution in [1.29, 1.82) is 0 Å². The van der Waals surface area contributed by atoms with Gasteiger partial charge in [-0.05, 0) is 44.0 Å². The average Bonchev–Trinajstić information content (AvgIpc) is 3.25. The van der Waals surface area contributed by atoms with Gasteiger partial charge in [0.15, 0.2) is 0 Å². The van der Waals surface area contributed by atoms with Gasteiger partial charge < -0.3 is 15.4 Å². The molecule has 21 heavy (non-hydrogen) atoms. The number of hydrogen-bond acceptors (Lipinski definition) is 3. The first-order chi connectivity index (χ1) is 10.2. The van der Waals surface area contributed by atoms with Gasteiger partial charge in [-0.15, -0.1) is 0 Å². The largest absolute Gasteiger partial charge is 0.493 e. The van der Waals surface area contributed by atoms with Gasteiger partial charge in [0.25, 0.3) is 0 Å². The zero-order valence-corrected chi connectivity index (χ0v) is 14.0. The second-order valence-electron chi connectivity index (χ2n) is 5.37. The molecule has 1 fully saturated rings. The minimum atomic E-state index is 0.0836. The van der Waals surface area contributed by atoms with Gasteiger partial charge in [0.1, 0.15) is 5.75 Å². The molecule has 0 bridgehead atoms. The molecule has 1 amide bonds. The first-order valence-corrected chi connectivity index (χ1v) is 8.39. The van der Waals surface area contributed by atoms with Gasteiger partial charge in [-0.25, -0.2) is 0 Å². The van der Waals surface area contributed by atoms with Gasteiger partial charge in [-0.2, -0.15) is 0 Å². The summed E-state index contributed by atoms with van der Waals surface area (Å²) in [5, 5.41) is 6.34. The normalized spacial score (nSPS) is 14.0. The van der Waals surface area contributed by atoms with Gasteiger partial charge in [-0.3, -0.25) is 4.79 Å². The molecule has 0 atom stereocenters. The van der Waals surface area contributed by atoms with E-state index < -0.39 is 0 Å². The molecule has 1 aliphatic rings. The summed E-state index contributed by atoms with van der Waals surface area (Å²) in [7, 11) is 0. The minimum Gasteiger partial charge on any atom is -0.493 e. The molecule has 1 saturated carbocycles. The topological polar surface area (TPSA) is 50.4 Å². The Balaban J connectivity index is 1.81. The fourth-order valence-electron chi connectivity index (χ4n) is 2.01. The van der Waals surface area contributed by atoms with Gasteiger partial charge in [-0.1, -0.05) is 22.9 Å². The predicted octanol–water partition coefficient (Wildman–Crippen LogP) is 3.00. The number of halogens is 1. The highest BCUT2D eigenvalue weighted by Gasteiger charge is 2.22. The lowest BCUT2D eigenvalue weighted by Crippen LogP contribution is -2.26. The third-order valence-corrected chi connectivity index (χ3v) is 3.79. The smallest absolute Gasteiger partial charge is 0.223 e. The second kappa shape index (κ2) is 8.39. The molecule has 2 N–H and O–H groups in total. The molecule has 2 rings (SSSR count). The molecule has 116 valence electrons. The molecule has 0 spiro atoms. The number of amides is 1. The Bertz CT molecular complexity index is 475. The van der Waals surface area contributed by atoms with Gasteiger partial charge in [0.05, 0.1) is 13.0 Å². The molecule has 0 aliphatic heterocycles. The summed E-state index contributed by atoms with van der Waals surface area (Å²) in [5.41, 5.74) is 1.11.